The first kappa shape index (κ1) is 17.4. The van der Waals surface area contributed by atoms with Gasteiger partial charge < -0.3 is 5.11 Å². The highest BCUT2D eigenvalue weighted by Crippen LogP contribution is 2.24. The fourth-order valence-electron chi connectivity index (χ4n) is 3.26. The number of carboxylic acid groups (broad SMARTS) is 1. The van der Waals surface area contributed by atoms with Crippen LogP contribution >= 0.6 is 11.3 Å². The molecule has 1 aromatic rings. The third-order valence-corrected chi connectivity index (χ3v) is 5.52. The number of aromatic nitrogens is 1. The first-order valence-electron chi connectivity index (χ1n) is 8.47. The first-order chi connectivity index (χ1) is 10.5. The highest BCUT2D eigenvalue weighted by atomic mass is 32.1. The summed E-state index contributed by atoms with van der Waals surface area (Å²) in [6.45, 7) is 8.64. The van der Waals surface area contributed by atoms with E-state index in [9.17, 15) is 9.90 Å². The van der Waals surface area contributed by atoms with Gasteiger partial charge in [-0.2, -0.15) is 0 Å². The molecule has 0 aromatic carbocycles. The van der Waals surface area contributed by atoms with Gasteiger partial charge in [0, 0.05) is 19.0 Å². The molecule has 0 saturated carbocycles. The topological polar surface area (TPSA) is 53.4 Å². The average Bonchev–Trinajstić information content (AvgIpc) is 2.87. The lowest BCUT2D eigenvalue weighted by Crippen LogP contribution is -2.40. The SMILES string of the molecule is CCC1CCCCN1CCc1nc(CC(C)C)c(C(=O)O)s1. The smallest absolute Gasteiger partial charge is 0.347 e. The molecular weight excluding hydrogens is 296 g/mol. The second-order valence-corrected chi connectivity index (χ2v) is 7.71. The predicted molar refractivity (Wildman–Crippen MR) is 90.8 cm³/mol. The van der Waals surface area contributed by atoms with Crippen LogP contribution in [0.4, 0.5) is 0 Å². The second-order valence-electron chi connectivity index (χ2n) is 6.63. The van der Waals surface area contributed by atoms with Crippen molar-refractivity contribution in [3.05, 3.63) is 15.6 Å². The minimum absolute atomic E-state index is 0.430. The highest BCUT2D eigenvalue weighted by Gasteiger charge is 2.22. The monoisotopic (exact) mass is 324 g/mol. The molecule has 1 unspecified atom stereocenters. The van der Waals surface area contributed by atoms with Crippen molar-refractivity contribution >= 4 is 17.3 Å². The highest BCUT2D eigenvalue weighted by molar-refractivity contribution is 7.13. The van der Waals surface area contributed by atoms with Crippen molar-refractivity contribution in [3.8, 4) is 0 Å². The Morgan fingerprint density at radius 2 is 2.23 bits per heavy atom. The van der Waals surface area contributed by atoms with Crippen molar-refractivity contribution in [2.45, 2.75) is 65.3 Å². The van der Waals surface area contributed by atoms with Crippen LogP contribution in [0.5, 0.6) is 0 Å². The fraction of sp³-hybridized carbons (Fsp3) is 0.765. The predicted octanol–water partition coefficient (Wildman–Crippen LogP) is 3.85. The van der Waals surface area contributed by atoms with E-state index in [4.69, 9.17) is 0 Å². The molecule has 4 nitrogen and oxygen atoms in total. The molecule has 0 radical (unpaired) electrons. The number of rotatable bonds is 7. The summed E-state index contributed by atoms with van der Waals surface area (Å²) >= 11 is 1.37. The Morgan fingerprint density at radius 3 is 2.86 bits per heavy atom. The molecule has 2 heterocycles. The van der Waals surface area contributed by atoms with Gasteiger partial charge in [-0.25, -0.2) is 9.78 Å². The number of carboxylic acids is 1. The molecule has 1 saturated heterocycles. The van der Waals surface area contributed by atoms with Crippen LogP contribution in [0.15, 0.2) is 0 Å². The van der Waals surface area contributed by atoms with Crippen LogP contribution in [0, 0.1) is 5.92 Å². The lowest BCUT2D eigenvalue weighted by atomic mass is 10.00. The van der Waals surface area contributed by atoms with Crippen molar-refractivity contribution in [2.75, 3.05) is 13.1 Å². The molecule has 22 heavy (non-hydrogen) atoms. The number of hydrogen-bond acceptors (Lipinski definition) is 4. The van der Waals surface area contributed by atoms with Gasteiger partial charge in [-0.05, 0) is 38.1 Å². The number of carbonyl (C=O) groups is 1. The van der Waals surface area contributed by atoms with Crippen LogP contribution < -0.4 is 0 Å². The van der Waals surface area contributed by atoms with Gasteiger partial charge in [0.1, 0.15) is 4.88 Å². The minimum atomic E-state index is -0.830. The molecule has 1 aliphatic heterocycles. The number of hydrogen-bond donors (Lipinski definition) is 1. The molecular formula is C17H28N2O2S. The van der Waals surface area contributed by atoms with E-state index in [2.05, 4.69) is 30.7 Å². The van der Waals surface area contributed by atoms with E-state index in [0.29, 0.717) is 16.8 Å². The number of likely N-dealkylation sites (tertiary alicyclic amines) is 1. The third-order valence-electron chi connectivity index (χ3n) is 4.37. The Morgan fingerprint density at radius 1 is 1.45 bits per heavy atom. The normalized spacial score (nSPS) is 19.7. The van der Waals surface area contributed by atoms with Crippen LogP contribution in [0.1, 0.15) is 66.8 Å². The van der Waals surface area contributed by atoms with Crippen LogP contribution in [0.3, 0.4) is 0 Å². The number of thiazole rings is 1. The van der Waals surface area contributed by atoms with Crippen molar-refractivity contribution in [3.63, 3.8) is 0 Å². The van der Waals surface area contributed by atoms with E-state index in [1.165, 1.54) is 43.6 Å². The molecule has 1 aliphatic rings. The van der Waals surface area contributed by atoms with Crippen molar-refractivity contribution in [2.24, 2.45) is 5.92 Å². The molecule has 0 aliphatic carbocycles. The van der Waals surface area contributed by atoms with Gasteiger partial charge in [-0.15, -0.1) is 11.3 Å². The van der Waals surface area contributed by atoms with Crippen LogP contribution in [0.2, 0.25) is 0 Å². The Hall–Kier alpha value is -0.940. The fourth-order valence-corrected chi connectivity index (χ4v) is 4.17. The molecule has 5 heteroatoms. The Balaban J connectivity index is 2.01. The molecule has 0 amide bonds. The molecule has 1 fully saturated rings. The van der Waals surface area contributed by atoms with Gasteiger partial charge in [0.15, 0.2) is 0 Å². The van der Waals surface area contributed by atoms with Gasteiger partial charge in [-0.3, -0.25) is 4.90 Å². The van der Waals surface area contributed by atoms with Crippen LogP contribution in [-0.2, 0) is 12.8 Å². The van der Waals surface area contributed by atoms with E-state index in [1.54, 1.807) is 0 Å². The van der Waals surface area contributed by atoms with Gasteiger partial charge >= 0.3 is 5.97 Å². The first-order valence-corrected chi connectivity index (χ1v) is 9.28. The Bertz CT molecular complexity index is 499. The zero-order chi connectivity index (χ0) is 16.1. The van der Waals surface area contributed by atoms with Gasteiger partial charge in [0.2, 0.25) is 0 Å². The number of nitrogens with zero attached hydrogens (tertiary/aromatic N) is 2. The summed E-state index contributed by atoms with van der Waals surface area (Å²) in [6.07, 6.45) is 6.75. The van der Waals surface area contributed by atoms with E-state index >= 15 is 0 Å². The van der Waals surface area contributed by atoms with E-state index < -0.39 is 5.97 Å². The quantitative estimate of drug-likeness (QED) is 0.828. The summed E-state index contributed by atoms with van der Waals surface area (Å²) in [5.41, 5.74) is 0.771. The molecule has 1 atom stereocenters. The second kappa shape index (κ2) is 8.06. The zero-order valence-electron chi connectivity index (χ0n) is 14.0. The van der Waals surface area contributed by atoms with E-state index in [0.717, 1.165) is 30.1 Å². The lowest BCUT2D eigenvalue weighted by molar-refractivity contribution is 0.0700. The van der Waals surface area contributed by atoms with E-state index in [-0.39, 0.29) is 0 Å². The van der Waals surface area contributed by atoms with E-state index in [1.807, 2.05) is 0 Å². The molecule has 0 spiro atoms. The van der Waals surface area contributed by atoms with Crippen molar-refractivity contribution < 1.29 is 9.90 Å². The van der Waals surface area contributed by atoms with Crippen LogP contribution in [-0.4, -0.2) is 40.1 Å². The third kappa shape index (κ3) is 4.53. The molecule has 1 aromatic heterocycles. The van der Waals surface area contributed by atoms with Gasteiger partial charge in [-0.1, -0.05) is 27.2 Å². The largest absolute Gasteiger partial charge is 0.477 e. The summed E-state index contributed by atoms with van der Waals surface area (Å²) < 4.78 is 0. The maximum atomic E-state index is 11.4. The van der Waals surface area contributed by atoms with Crippen LogP contribution in [0.25, 0.3) is 0 Å². The van der Waals surface area contributed by atoms with Gasteiger partial charge in [0.05, 0.1) is 10.7 Å². The number of aromatic carboxylic acids is 1. The molecule has 0 bridgehead atoms. The molecule has 2 rings (SSSR count). The maximum Gasteiger partial charge on any atom is 0.347 e. The van der Waals surface area contributed by atoms with Gasteiger partial charge in [0.25, 0.3) is 0 Å². The summed E-state index contributed by atoms with van der Waals surface area (Å²) in [6, 6.07) is 0.697. The lowest BCUT2D eigenvalue weighted by Gasteiger charge is -2.34. The minimum Gasteiger partial charge on any atom is -0.477 e. The Kier molecular flexibility index (Phi) is 6.38. The standard InChI is InChI=1S/C17H28N2O2S/c1-4-13-7-5-6-9-19(13)10-8-15-18-14(11-12(2)3)16(22-15)17(20)21/h12-13H,4-11H2,1-3H3,(H,20,21). The average molecular weight is 324 g/mol. The summed E-state index contributed by atoms with van der Waals surface area (Å²) in [4.78, 5) is 19.0. The molecule has 1 N–H and O–H groups in total. The zero-order valence-corrected chi connectivity index (χ0v) is 14.8. The number of piperidine rings is 1. The Labute approximate surface area is 137 Å². The molecule has 124 valence electrons. The van der Waals surface area contributed by atoms with Crippen molar-refractivity contribution in [1.29, 1.82) is 0 Å². The summed E-state index contributed by atoms with van der Waals surface area (Å²) in [7, 11) is 0. The summed E-state index contributed by atoms with van der Waals surface area (Å²) in [5.74, 6) is -0.400. The van der Waals surface area contributed by atoms with Crippen molar-refractivity contribution in [1.82, 2.24) is 9.88 Å². The maximum absolute atomic E-state index is 11.4. The summed E-state index contributed by atoms with van der Waals surface area (Å²) in [5, 5.41) is 10.3.